The zero-order valence-corrected chi connectivity index (χ0v) is 28.0. The standard InChI is InChI=1S/C36H38N2O8S/c1-6-12-25-32(35(41)45-9-4)33(31-24-14-11-10-13-23(24)16-18-27(31)42-5)38-34(40)29(47-36(38)37-25)20-22-15-17-26(28(19-22)43-7-2)46-21-30(39)44-8-3/h10-11,13-20,33H,6-9,12,21H2,1-5H3/b29-20-/t33-/m0/s1. The number of benzene rings is 3. The first kappa shape index (κ1) is 33.5. The number of carbonyl (C=O) groups is 2. The van der Waals surface area contributed by atoms with Crippen molar-refractivity contribution >= 4 is 40.1 Å². The molecule has 3 aromatic carbocycles. The fraction of sp³-hybridized carbons (Fsp3) is 0.333. The summed E-state index contributed by atoms with van der Waals surface area (Å²) in [5.74, 6) is 0.342. The highest BCUT2D eigenvalue weighted by Gasteiger charge is 2.37. The van der Waals surface area contributed by atoms with Crippen LogP contribution in [0, 0.1) is 0 Å². The Morgan fingerprint density at radius 3 is 2.40 bits per heavy atom. The number of methoxy groups -OCH3 is 1. The fourth-order valence-corrected chi connectivity index (χ4v) is 6.64. The van der Waals surface area contributed by atoms with Crippen molar-refractivity contribution in [3.63, 3.8) is 0 Å². The van der Waals surface area contributed by atoms with Crippen LogP contribution in [0.2, 0.25) is 0 Å². The summed E-state index contributed by atoms with van der Waals surface area (Å²) in [7, 11) is 1.58. The van der Waals surface area contributed by atoms with Gasteiger partial charge in [-0.2, -0.15) is 0 Å². The van der Waals surface area contributed by atoms with Gasteiger partial charge in [-0.25, -0.2) is 14.6 Å². The summed E-state index contributed by atoms with van der Waals surface area (Å²) in [6.45, 7) is 7.88. The molecule has 1 aliphatic heterocycles. The highest BCUT2D eigenvalue weighted by molar-refractivity contribution is 7.07. The predicted octanol–water partition coefficient (Wildman–Crippen LogP) is 5.08. The van der Waals surface area contributed by atoms with Crippen molar-refractivity contribution in [2.75, 3.05) is 33.5 Å². The monoisotopic (exact) mass is 658 g/mol. The highest BCUT2D eigenvalue weighted by Crippen LogP contribution is 2.41. The average molecular weight is 659 g/mol. The van der Waals surface area contributed by atoms with Crippen molar-refractivity contribution in [3.05, 3.63) is 96.7 Å². The van der Waals surface area contributed by atoms with Crippen LogP contribution in [0.3, 0.4) is 0 Å². The van der Waals surface area contributed by atoms with Gasteiger partial charge >= 0.3 is 11.9 Å². The number of ether oxygens (including phenoxy) is 5. The first-order chi connectivity index (χ1) is 22.8. The average Bonchev–Trinajstić information content (AvgIpc) is 3.37. The molecule has 0 N–H and O–H groups in total. The predicted molar refractivity (Wildman–Crippen MR) is 180 cm³/mol. The Labute approximate surface area is 276 Å². The minimum Gasteiger partial charge on any atom is -0.496 e. The summed E-state index contributed by atoms with van der Waals surface area (Å²) in [6.07, 6.45) is 3.01. The lowest BCUT2D eigenvalue weighted by molar-refractivity contribution is -0.145. The Kier molecular flexibility index (Phi) is 10.8. The first-order valence-corrected chi connectivity index (χ1v) is 16.5. The summed E-state index contributed by atoms with van der Waals surface area (Å²) >= 11 is 1.24. The lowest BCUT2D eigenvalue weighted by Crippen LogP contribution is -2.40. The number of hydrogen-bond acceptors (Lipinski definition) is 10. The fourth-order valence-electron chi connectivity index (χ4n) is 5.62. The molecule has 0 fully saturated rings. The lowest BCUT2D eigenvalue weighted by Gasteiger charge is -2.28. The van der Waals surface area contributed by atoms with E-state index in [1.165, 1.54) is 11.3 Å². The molecule has 1 atom stereocenters. The van der Waals surface area contributed by atoms with Gasteiger partial charge in [0, 0.05) is 5.56 Å². The van der Waals surface area contributed by atoms with Gasteiger partial charge in [0.05, 0.1) is 42.7 Å². The van der Waals surface area contributed by atoms with Crippen molar-refractivity contribution < 1.29 is 33.3 Å². The maximum Gasteiger partial charge on any atom is 0.344 e. The Morgan fingerprint density at radius 1 is 0.915 bits per heavy atom. The SMILES string of the molecule is CCCC1=C(C(=O)OCC)[C@H](c2c(OC)ccc3ccccc23)n2c(s/c(=C\c3ccc(OCC(=O)OCC)c(OCC)c3)c2=O)=N1. The molecule has 0 aliphatic carbocycles. The number of allylic oxidation sites excluding steroid dienone is 1. The van der Waals surface area contributed by atoms with Crippen molar-refractivity contribution in [1.82, 2.24) is 4.57 Å². The van der Waals surface area contributed by atoms with E-state index in [1.807, 2.05) is 50.2 Å². The molecule has 5 rings (SSSR count). The molecule has 1 aliphatic rings. The molecular formula is C36H38N2O8S. The van der Waals surface area contributed by atoms with Crippen LogP contribution in [-0.2, 0) is 19.1 Å². The summed E-state index contributed by atoms with van der Waals surface area (Å²) in [4.78, 5) is 45.3. The van der Waals surface area contributed by atoms with E-state index in [0.29, 0.717) is 62.0 Å². The molecule has 2 heterocycles. The van der Waals surface area contributed by atoms with Gasteiger partial charge in [0.1, 0.15) is 11.8 Å². The molecule has 0 saturated heterocycles. The van der Waals surface area contributed by atoms with Gasteiger partial charge in [0.25, 0.3) is 5.56 Å². The van der Waals surface area contributed by atoms with Crippen LogP contribution in [0.15, 0.2) is 75.7 Å². The summed E-state index contributed by atoms with van der Waals surface area (Å²) in [5, 5.41) is 1.79. The molecule has 11 heteroatoms. The molecule has 47 heavy (non-hydrogen) atoms. The minimum atomic E-state index is -0.840. The second-order valence-electron chi connectivity index (χ2n) is 10.5. The summed E-state index contributed by atoms with van der Waals surface area (Å²) < 4.78 is 29.8. The van der Waals surface area contributed by atoms with Gasteiger partial charge in [0.2, 0.25) is 0 Å². The molecule has 0 radical (unpaired) electrons. The molecule has 0 saturated carbocycles. The molecule has 1 aromatic heterocycles. The van der Waals surface area contributed by atoms with Crippen LogP contribution >= 0.6 is 11.3 Å². The van der Waals surface area contributed by atoms with Crippen LogP contribution in [-0.4, -0.2) is 50.0 Å². The highest BCUT2D eigenvalue weighted by atomic mass is 32.1. The quantitative estimate of drug-likeness (QED) is 0.183. The van der Waals surface area contributed by atoms with Gasteiger partial charge in [-0.05, 0) is 67.8 Å². The molecule has 0 spiro atoms. The zero-order valence-electron chi connectivity index (χ0n) is 27.2. The molecule has 246 valence electrons. The minimum absolute atomic E-state index is 0.174. The third kappa shape index (κ3) is 6.95. The van der Waals surface area contributed by atoms with E-state index in [1.54, 1.807) is 49.8 Å². The molecule has 0 unspecified atom stereocenters. The van der Waals surface area contributed by atoms with E-state index in [0.717, 1.165) is 17.2 Å². The van der Waals surface area contributed by atoms with Crippen molar-refractivity contribution in [2.24, 2.45) is 4.99 Å². The van der Waals surface area contributed by atoms with Crippen LogP contribution in [0.1, 0.15) is 57.7 Å². The van der Waals surface area contributed by atoms with E-state index in [2.05, 4.69) is 0 Å². The number of hydrogen-bond donors (Lipinski definition) is 0. The van der Waals surface area contributed by atoms with E-state index in [9.17, 15) is 14.4 Å². The van der Waals surface area contributed by atoms with Crippen molar-refractivity contribution in [2.45, 2.75) is 46.6 Å². The molecule has 10 nitrogen and oxygen atoms in total. The van der Waals surface area contributed by atoms with Crippen molar-refractivity contribution in [3.8, 4) is 17.2 Å². The van der Waals surface area contributed by atoms with E-state index < -0.39 is 18.0 Å². The maximum absolute atomic E-state index is 14.4. The third-order valence-corrected chi connectivity index (χ3v) is 8.52. The Morgan fingerprint density at radius 2 is 1.68 bits per heavy atom. The second-order valence-corrected chi connectivity index (χ2v) is 11.6. The lowest BCUT2D eigenvalue weighted by atomic mass is 9.90. The van der Waals surface area contributed by atoms with Gasteiger partial charge < -0.3 is 23.7 Å². The van der Waals surface area contributed by atoms with Gasteiger partial charge in [-0.15, -0.1) is 0 Å². The smallest absolute Gasteiger partial charge is 0.344 e. The van der Waals surface area contributed by atoms with Crippen LogP contribution in [0.25, 0.3) is 16.8 Å². The van der Waals surface area contributed by atoms with Crippen molar-refractivity contribution in [1.29, 1.82) is 0 Å². The van der Waals surface area contributed by atoms with Crippen LogP contribution in [0.5, 0.6) is 17.2 Å². The Bertz CT molecular complexity index is 2010. The molecule has 0 amide bonds. The number of rotatable bonds is 13. The zero-order chi connectivity index (χ0) is 33.5. The number of nitrogens with zero attached hydrogens (tertiary/aromatic N) is 2. The second kappa shape index (κ2) is 15.1. The number of carbonyl (C=O) groups excluding carboxylic acids is 2. The van der Waals surface area contributed by atoms with E-state index in [4.69, 9.17) is 28.7 Å². The Hall–Kier alpha value is -4.90. The van der Waals surface area contributed by atoms with Gasteiger partial charge in [-0.1, -0.05) is 61.1 Å². The largest absolute Gasteiger partial charge is 0.496 e. The van der Waals surface area contributed by atoms with Crippen LogP contribution < -0.4 is 29.1 Å². The number of esters is 2. The van der Waals surface area contributed by atoms with Gasteiger partial charge in [-0.3, -0.25) is 9.36 Å². The van der Waals surface area contributed by atoms with E-state index in [-0.39, 0.29) is 25.4 Å². The van der Waals surface area contributed by atoms with Gasteiger partial charge in [0.15, 0.2) is 22.9 Å². The van der Waals surface area contributed by atoms with Crippen LogP contribution in [0.4, 0.5) is 0 Å². The number of aromatic nitrogens is 1. The first-order valence-electron chi connectivity index (χ1n) is 15.7. The molecular weight excluding hydrogens is 620 g/mol. The third-order valence-electron chi connectivity index (χ3n) is 7.53. The summed E-state index contributed by atoms with van der Waals surface area (Å²) in [6, 6.07) is 16.0. The number of fused-ring (bicyclic) bond motifs is 2. The normalized spacial score (nSPS) is 14.4. The van der Waals surface area contributed by atoms with E-state index >= 15 is 0 Å². The summed E-state index contributed by atoms with van der Waals surface area (Å²) in [5.41, 5.74) is 1.96. The Balaban J connectivity index is 1.72. The molecule has 0 bridgehead atoms. The topological polar surface area (TPSA) is 115 Å². The molecule has 4 aromatic rings. The number of thiazole rings is 1. The maximum atomic E-state index is 14.4.